The number of nitrogen functional groups attached to an aromatic ring is 1. The number of anilines is 1. The molecule has 0 amide bonds. The van der Waals surface area contributed by atoms with Crippen LogP contribution in [0.3, 0.4) is 0 Å². The van der Waals surface area contributed by atoms with Gasteiger partial charge in [-0.2, -0.15) is 0 Å². The Kier molecular flexibility index (Phi) is 5.83. The fraction of sp³-hybridized carbons (Fsp3) is 0.625. The molecule has 1 aromatic rings. The number of aliphatic hydroxyl groups is 2. The largest absolute Gasteiger partial charge is 0.399 e. The van der Waals surface area contributed by atoms with Gasteiger partial charge in [0.25, 0.3) is 0 Å². The SMILES string of the molecule is Nc1ccc(C(O)CN(CCO)C2CCCCC2)cc1. The van der Waals surface area contributed by atoms with Crippen LogP contribution in [0.4, 0.5) is 5.69 Å². The summed E-state index contributed by atoms with van der Waals surface area (Å²) in [4.78, 5) is 2.24. The number of rotatable bonds is 6. The number of nitrogens with two attached hydrogens (primary N) is 1. The molecule has 4 heteroatoms. The van der Waals surface area contributed by atoms with Crippen molar-refractivity contribution in [3.8, 4) is 0 Å². The van der Waals surface area contributed by atoms with E-state index in [0.29, 0.717) is 24.8 Å². The fourth-order valence-corrected chi connectivity index (χ4v) is 3.04. The van der Waals surface area contributed by atoms with Gasteiger partial charge in [0.1, 0.15) is 0 Å². The maximum atomic E-state index is 10.4. The Balaban J connectivity index is 1.97. The Labute approximate surface area is 121 Å². The predicted molar refractivity (Wildman–Crippen MR) is 81.3 cm³/mol. The topological polar surface area (TPSA) is 69.7 Å². The minimum atomic E-state index is -0.524. The Morgan fingerprint density at radius 2 is 1.80 bits per heavy atom. The van der Waals surface area contributed by atoms with Gasteiger partial charge >= 0.3 is 0 Å². The smallest absolute Gasteiger partial charge is 0.0917 e. The minimum Gasteiger partial charge on any atom is -0.399 e. The van der Waals surface area contributed by atoms with Gasteiger partial charge in [-0.1, -0.05) is 31.4 Å². The van der Waals surface area contributed by atoms with Crippen LogP contribution in [0.25, 0.3) is 0 Å². The van der Waals surface area contributed by atoms with E-state index in [2.05, 4.69) is 4.90 Å². The van der Waals surface area contributed by atoms with E-state index < -0.39 is 6.10 Å². The highest BCUT2D eigenvalue weighted by Crippen LogP contribution is 2.25. The molecule has 0 aliphatic heterocycles. The highest BCUT2D eigenvalue weighted by Gasteiger charge is 2.23. The molecule has 2 rings (SSSR count). The van der Waals surface area contributed by atoms with E-state index in [1.54, 1.807) is 0 Å². The number of nitrogens with zero attached hydrogens (tertiary/aromatic N) is 1. The molecule has 1 unspecified atom stereocenters. The van der Waals surface area contributed by atoms with Crippen LogP contribution in [0.2, 0.25) is 0 Å². The van der Waals surface area contributed by atoms with E-state index >= 15 is 0 Å². The van der Waals surface area contributed by atoms with Crippen LogP contribution in [-0.4, -0.2) is 40.9 Å². The van der Waals surface area contributed by atoms with Crippen molar-refractivity contribution >= 4 is 5.69 Å². The van der Waals surface area contributed by atoms with Crippen molar-refractivity contribution < 1.29 is 10.2 Å². The summed E-state index contributed by atoms with van der Waals surface area (Å²) < 4.78 is 0. The highest BCUT2D eigenvalue weighted by molar-refractivity contribution is 5.39. The summed E-state index contributed by atoms with van der Waals surface area (Å²) in [5.41, 5.74) is 7.26. The summed E-state index contributed by atoms with van der Waals surface area (Å²) in [7, 11) is 0. The molecular weight excluding hydrogens is 252 g/mol. The molecule has 0 saturated heterocycles. The van der Waals surface area contributed by atoms with E-state index in [1.165, 1.54) is 32.1 Å². The Morgan fingerprint density at radius 1 is 1.15 bits per heavy atom. The zero-order valence-electron chi connectivity index (χ0n) is 12.0. The molecule has 0 heterocycles. The second-order valence-corrected chi connectivity index (χ2v) is 5.69. The molecule has 20 heavy (non-hydrogen) atoms. The first-order valence-electron chi connectivity index (χ1n) is 7.59. The quantitative estimate of drug-likeness (QED) is 0.695. The lowest BCUT2D eigenvalue weighted by Gasteiger charge is -2.35. The van der Waals surface area contributed by atoms with Gasteiger partial charge in [0.2, 0.25) is 0 Å². The third-order valence-electron chi connectivity index (χ3n) is 4.21. The predicted octanol–water partition coefficient (Wildman–Crippen LogP) is 1.93. The van der Waals surface area contributed by atoms with Gasteiger partial charge in [-0.05, 0) is 30.5 Å². The van der Waals surface area contributed by atoms with Crippen LogP contribution >= 0.6 is 0 Å². The van der Waals surface area contributed by atoms with E-state index in [-0.39, 0.29) is 6.61 Å². The molecule has 4 nitrogen and oxygen atoms in total. The lowest BCUT2D eigenvalue weighted by Crippen LogP contribution is -2.41. The molecule has 1 atom stereocenters. The zero-order valence-corrected chi connectivity index (χ0v) is 12.0. The third-order valence-corrected chi connectivity index (χ3v) is 4.21. The van der Waals surface area contributed by atoms with Gasteiger partial charge in [-0.15, -0.1) is 0 Å². The Morgan fingerprint density at radius 3 is 2.40 bits per heavy atom. The average molecular weight is 278 g/mol. The maximum Gasteiger partial charge on any atom is 0.0917 e. The molecule has 1 fully saturated rings. The molecule has 0 bridgehead atoms. The van der Waals surface area contributed by atoms with Crippen LogP contribution in [-0.2, 0) is 0 Å². The van der Waals surface area contributed by atoms with Gasteiger partial charge in [0, 0.05) is 24.8 Å². The first-order chi connectivity index (χ1) is 9.70. The van der Waals surface area contributed by atoms with Crippen molar-refractivity contribution in [1.82, 2.24) is 4.90 Å². The fourth-order valence-electron chi connectivity index (χ4n) is 3.04. The lowest BCUT2D eigenvalue weighted by atomic mass is 9.93. The molecule has 1 aromatic carbocycles. The lowest BCUT2D eigenvalue weighted by molar-refractivity contribution is 0.0600. The standard InChI is InChI=1S/C16H26N2O2/c17-14-8-6-13(7-9-14)16(20)12-18(10-11-19)15-4-2-1-3-5-15/h6-9,15-16,19-20H,1-5,10-12,17H2. The van der Waals surface area contributed by atoms with E-state index in [9.17, 15) is 10.2 Å². The van der Waals surface area contributed by atoms with Crippen molar-refractivity contribution in [2.24, 2.45) is 0 Å². The summed E-state index contributed by atoms with van der Waals surface area (Å²) >= 11 is 0. The number of hydrogen-bond acceptors (Lipinski definition) is 4. The van der Waals surface area contributed by atoms with Crippen LogP contribution in [0.1, 0.15) is 43.8 Å². The monoisotopic (exact) mass is 278 g/mol. The minimum absolute atomic E-state index is 0.144. The number of benzene rings is 1. The van der Waals surface area contributed by atoms with E-state index in [0.717, 1.165) is 5.56 Å². The molecular formula is C16H26N2O2. The van der Waals surface area contributed by atoms with Gasteiger partial charge in [0.05, 0.1) is 12.7 Å². The second kappa shape index (κ2) is 7.62. The van der Waals surface area contributed by atoms with Crippen molar-refractivity contribution in [1.29, 1.82) is 0 Å². The first-order valence-corrected chi connectivity index (χ1v) is 7.59. The normalized spacial score (nSPS) is 18.4. The molecule has 0 radical (unpaired) electrons. The van der Waals surface area contributed by atoms with Crippen molar-refractivity contribution in [3.05, 3.63) is 29.8 Å². The molecule has 1 aliphatic carbocycles. The summed E-state index contributed by atoms with van der Waals surface area (Å²) in [6, 6.07) is 7.88. The van der Waals surface area contributed by atoms with Crippen LogP contribution < -0.4 is 5.73 Å². The summed E-state index contributed by atoms with van der Waals surface area (Å²) in [6.07, 6.45) is 5.64. The van der Waals surface area contributed by atoms with Crippen molar-refractivity contribution in [2.45, 2.75) is 44.2 Å². The Hall–Kier alpha value is -1.10. The number of hydrogen-bond donors (Lipinski definition) is 3. The third kappa shape index (κ3) is 4.20. The maximum absolute atomic E-state index is 10.4. The Bertz CT molecular complexity index is 388. The first kappa shape index (κ1) is 15.3. The van der Waals surface area contributed by atoms with Crippen LogP contribution in [0, 0.1) is 0 Å². The average Bonchev–Trinajstić information content (AvgIpc) is 2.48. The molecule has 0 spiro atoms. The van der Waals surface area contributed by atoms with Crippen molar-refractivity contribution in [3.63, 3.8) is 0 Å². The van der Waals surface area contributed by atoms with Gasteiger partial charge < -0.3 is 15.9 Å². The summed E-state index contributed by atoms with van der Waals surface area (Å²) in [5.74, 6) is 0. The molecule has 1 saturated carbocycles. The molecule has 112 valence electrons. The highest BCUT2D eigenvalue weighted by atomic mass is 16.3. The summed E-state index contributed by atoms with van der Waals surface area (Å²) in [5, 5.41) is 19.6. The zero-order chi connectivity index (χ0) is 14.4. The van der Waals surface area contributed by atoms with E-state index in [4.69, 9.17) is 5.73 Å². The molecule has 0 aromatic heterocycles. The molecule has 1 aliphatic rings. The van der Waals surface area contributed by atoms with Gasteiger partial charge in [0.15, 0.2) is 0 Å². The molecule has 4 N–H and O–H groups in total. The summed E-state index contributed by atoms with van der Waals surface area (Å²) in [6.45, 7) is 1.36. The van der Waals surface area contributed by atoms with Crippen molar-refractivity contribution in [2.75, 3.05) is 25.4 Å². The van der Waals surface area contributed by atoms with E-state index in [1.807, 2.05) is 24.3 Å². The van der Waals surface area contributed by atoms with Gasteiger partial charge in [-0.25, -0.2) is 0 Å². The van der Waals surface area contributed by atoms with Gasteiger partial charge in [-0.3, -0.25) is 4.90 Å². The number of aliphatic hydroxyl groups excluding tert-OH is 2. The van der Waals surface area contributed by atoms with Crippen LogP contribution in [0.5, 0.6) is 0 Å². The second-order valence-electron chi connectivity index (χ2n) is 5.69. The van der Waals surface area contributed by atoms with Crippen LogP contribution in [0.15, 0.2) is 24.3 Å².